The van der Waals surface area contributed by atoms with E-state index in [2.05, 4.69) is 204 Å². The number of hydrogen-bond donors (Lipinski definition) is 0. The van der Waals surface area contributed by atoms with Crippen molar-refractivity contribution in [2.45, 2.75) is 0 Å². The number of anilines is 6. The molecule has 242 valence electrons. The molecular formula is C48H34N2O. The molecule has 0 spiro atoms. The van der Waals surface area contributed by atoms with Crippen molar-refractivity contribution in [2.24, 2.45) is 0 Å². The van der Waals surface area contributed by atoms with Gasteiger partial charge in [0.25, 0.3) is 0 Å². The third-order valence-corrected chi connectivity index (χ3v) is 9.46. The van der Waals surface area contributed by atoms with E-state index in [-0.39, 0.29) is 0 Å². The van der Waals surface area contributed by atoms with E-state index in [9.17, 15) is 0 Å². The summed E-state index contributed by atoms with van der Waals surface area (Å²) in [6.45, 7) is 0. The van der Waals surface area contributed by atoms with Crippen molar-refractivity contribution in [3.8, 4) is 22.3 Å². The van der Waals surface area contributed by atoms with Crippen LogP contribution in [0, 0.1) is 0 Å². The fourth-order valence-electron chi connectivity index (χ4n) is 6.94. The second kappa shape index (κ2) is 13.2. The summed E-state index contributed by atoms with van der Waals surface area (Å²) in [7, 11) is 0. The molecule has 9 rings (SSSR count). The molecule has 3 nitrogen and oxygen atoms in total. The van der Waals surface area contributed by atoms with E-state index in [0.717, 1.165) is 67.2 Å². The molecule has 3 heteroatoms. The van der Waals surface area contributed by atoms with Crippen LogP contribution < -0.4 is 9.80 Å². The van der Waals surface area contributed by atoms with Gasteiger partial charge in [-0.3, -0.25) is 0 Å². The molecule has 0 bridgehead atoms. The second-order valence-electron chi connectivity index (χ2n) is 12.6. The van der Waals surface area contributed by atoms with E-state index in [1.165, 1.54) is 11.1 Å². The summed E-state index contributed by atoms with van der Waals surface area (Å²) < 4.78 is 6.18. The molecule has 0 saturated heterocycles. The molecule has 0 radical (unpaired) electrons. The lowest BCUT2D eigenvalue weighted by Gasteiger charge is -2.26. The van der Waals surface area contributed by atoms with Gasteiger partial charge < -0.3 is 14.2 Å². The summed E-state index contributed by atoms with van der Waals surface area (Å²) in [5.41, 5.74) is 13.1. The van der Waals surface area contributed by atoms with Crippen molar-refractivity contribution in [1.82, 2.24) is 0 Å². The molecule has 0 amide bonds. The Bertz CT molecular complexity index is 2500. The van der Waals surface area contributed by atoms with Gasteiger partial charge in [0.05, 0.1) is 0 Å². The zero-order valence-electron chi connectivity index (χ0n) is 27.9. The summed E-state index contributed by atoms with van der Waals surface area (Å²) in [5.74, 6) is 0. The van der Waals surface area contributed by atoms with Gasteiger partial charge in [-0.05, 0) is 107 Å². The van der Waals surface area contributed by atoms with Crippen LogP contribution in [0.1, 0.15) is 0 Å². The molecule has 0 unspecified atom stereocenters. The molecule has 51 heavy (non-hydrogen) atoms. The molecule has 0 atom stereocenters. The van der Waals surface area contributed by atoms with Gasteiger partial charge in [0.15, 0.2) is 0 Å². The van der Waals surface area contributed by atoms with Crippen molar-refractivity contribution >= 4 is 56.1 Å². The van der Waals surface area contributed by atoms with Crippen LogP contribution in [0.3, 0.4) is 0 Å². The molecule has 8 aromatic carbocycles. The number of fused-ring (bicyclic) bond motifs is 3. The minimum absolute atomic E-state index is 0.885. The Kier molecular flexibility index (Phi) is 7.84. The Balaban J connectivity index is 1.07. The van der Waals surface area contributed by atoms with Gasteiger partial charge in [0.2, 0.25) is 0 Å². The lowest BCUT2D eigenvalue weighted by molar-refractivity contribution is 0.669. The highest BCUT2D eigenvalue weighted by molar-refractivity contribution is 6.06. The first kappa shape index (κ1) is 30.2. The average Bonchev–Trinajstić information content (AvgIpc) is 3.58. The molecule has 0 aliphatic rings. The molecule has 0 aliphatic heterocycles. The van der Waals surface area contributed by atoms with Crippen LogP contribution in [0.5, 0.6) is 0 Å². The van der Waals surface area contributed by atoms with E-state index in [1.54, 1.807) is 0 Å². The number of benzene rings is 8. The normalized spacial score (nSPS) is 11.1. The predicted molar refractivity (Wildman–Crippen MR) is 214 cm³/mol. The van der Waals surface area contributed by atoms with Crippen LogP contribution in [0.15, 0.2) is 211 Å². The van der Waals surface area contributed by atoms with Gasteiger partial charge in [-0.1, -0.05) is 121 Å². The maximum absolute atomic E-state index is 6.18. The summed E-state index contributed by atoms with van der Waals surface area (Å²) in [5, 5.41) is 2.22. The van der Waals surface area contributed by atoms with Crippen molar-refractivity contribution in [2.75, 3.05) is 9.80 Å². The zero-order chi connectivity index (χ0) is 34.0. The van der Waals surface area contributed by atoms with E-state index in [4.69, 9.17) is 4.42 Å². The molecule has 9 aromatic rings. The average molecular weight is 655 g/mol. The summed E-state index contributed by atoms with van der Waals surface area (Å²) in [6, 6.07) is 72.7. The zero-order valence-corrected chi connectivity index (χ0v) is 27.9. The molecule has 0 saturated carbocycles. The summed E-state index contributed by atoms with van der Waals surface area (Å²) in [6.07, 6.45) is 0. The van der Waals surface area contributed by atoms with Gasteiger partial charge in [0.1, 0.15) is 11.2 Å². The maximum Gasteiger partial charge on any atom is 0.135 e. The fourth-order valence-corrected chi connectivity index (χ4v) is 6.94. The van der Waals surface area contributed by atoms with E-state index in [1.807, 2.05) is 12.1 Å². The quantitative estimate of drug-likeness (QED) is 0.163. The van der Waals surface area contributed by atoms with Gasteiger partial charge >= 0.3 is 0 Å². The first-order valence-electron chi connectivity index (χ1n) is 17.3. The standard InChI is InChI=1S/C48H34N2O/c1-4-12-35(13-5-1)36-20-28-42(29-21-36)50(44-32-33-48-46(34-44)45-18-10-11-19-47(45)51-48)43-30-24-38(25-31-43)37-22-26-41(27-23-37)49(39-14-6-2-7-15-39)40-16-8-3-9-17-40/h1-34H. The molecule has 1 aromatic heterocycles. The number of nitrogens with zero attached hydrogens (tertiary/aromatic N) is 2. The van der Waals surface area contributed by atoms with Crippen LogP contribution in [0.4, 0.5) is 34.1 Å². The van der Waals surface area contributed by atoms with Crippen LogP contribution in [0.25, 0.3) is 44.2 Å². The minimum atomic E-state index is 0.885. The molecule has 0 fully saturated rings. The predicted octanol–water partition coefficient (Wildman–Crippen LogP) is 13.9. The number of furan rings is 1. The summed E-state index contributed by atoms with van der Waals surface area (Å²) >= 11 is 0. The van der Waals surface area contributed by atoms with Gasteiger partial charge in [-0.2, -0.15) is 0 Å². The number of rotatable bonds is 8. The largest absolute Gasteiger partial charge is 0.456 e. The minimum Gasteiger partial charge on any atom is -0.456 e. The topological polar surface area (TPSA) is 19.6 Å². The van der Waals surface area contributed by atoms with Crippen LogP contribution >= 0.6 is 0 Å². The third kappa shape index (κ3) is 5.92. The van der Waals surface area contributed by atoms with Crippen molar-refractivity contribution in [1.29, 1.82) is 0 Å². The van der Waals surface area contributed by atoms with Crippen LogP contribution in [-0.4, -0.2) is 0 Å². The third-order valence-electron chi connectivity index (χ3n) is 9.46. The van der Waals surface area contributed by atoms with Gasteiger partial charge in [-0.15, -0.1) is 0 Å². The lowest BCUT2D eigenvalue weighted by atomic mass is 10.0. The van der Waals surface area contributed by atoms with E-state index in [0.29, 0.717) is 0 Å². The van der Waals surface area contributed by atoms with Crippen molar-refractivity contribution < 1.29 is 4.42 Å². The Morgan fingerprint density at radius 3 is 1.12 bits per heavy atom. The molecule has 1 heterocycles. The smallest absolute Gasteiger partial charge is 0.135 e. The van der Waals surface area contributed by atoms with Crippen LogP contribution in [0.2, 0.25) is 0 Å². The first-order chi connectivity index (χ1) is 25.3. The Hall–Kier alpha value is -6.84. The Morgan fingerprint density at radius 2 is 0.608 bits per heavy atom. The van der Waals surface area contributed by atoms with Crippen LogP contribution in [-0.2, 0) is 0 Å². The van der Waals surface area contributed by atoms with Crippen molar-refractivity contribution in [3.05, 3.63) is 206 Å². The highest BCUT2D eigenvalue weighted by Crippen LogP contribution is 2.40. The van der Waals surface area contributed by atoms with E-state index >= 15 is 0 Å². The monoisotopic (exact) mass is 654 g/mol. The summed E-state index contributed by atoms with van der Waals surface area (Å²) in [4.78, 5) is 4.61. The number of para-hydroxylation sites is 3. The highest BCUT2D eigenvalue weighted by atomic mass is 16.3. The van der Waals surface area contributed by atoms with Gasteiger partial charge in [-0.25, -0.2) is 0 Å². The SMILES string of the molecule is c1ccc(-c2ccc(N(c3ccc(-c4ccc(N(c5ccccc5)c5ccccc5)cc4)cc3)c3ccc4oc5ccccc5c4c3)cc2)cc1. The fraction of sp³-hybridized carbons (Fsp3) is 0. The molecule has 0 aliphatic carbocycles. The lowest BCUT2D eigenvalue weighted by Crippen LogP contribution is -2.10. The number of hydrogen-bond acceptors (Lipinski definition) is 3. The second-order valence-corrected chi connectivity index (χ2v) is 12.6. The van der Waals surface area contributed by atoms with Gasteiger partial charge in [0, 0.05) is 44.9 Å². The Labute approximate surface area is 297 Å². The Morgan fingerprint density at radius 1 is 0.255 bits per heavy atom. The van der Waals surface area contributed by atoms with E-state index < -0.39 is 0 Å². The van der Waals surface area contributed by atoms with Crippen molar-refractivity contribution in [3.63, 3.8) is 0 Å². The first-order valence-corrected chi connectivity index (χ1v) is 17.3. The molecular weight excluding hydrogens is 621 g/mol. The maximum atomic E-state index is 6.18. The highest BCUT2D eigenvalue weighted by Gasteiger charge is 2.17. The molecule has 0 N–H and O–H groups in total.